The zero-order chi connectivity index (χ0) is 15.2. The van der Waals surface area contributed by atoms with E-state index in [1.807, 2.05) is 18.5 Å². The van der Waals surface area contributed by atoms with E-state index in [1.54, 1.807) is 12.1 Å². The van der Waals surface area contributed by atoms with Crippen molar-refractivity contribution in [2.24, 2.45) is 11.3 Å². The van der Waals surface area contributed by atoms with E-state index < -0.39 is 0 Å². The first kappa shape index (κ1) is 14.0. The molecule has 0 N–H and O–H groups in total. The molecular formula is C18H18ClFN2. The highest BCUT2D eigenvalue weighted by Crippen LogP contribution is 2.54. The molecule has 4 heteroatoms. The first-order valence-electron chi connectivity index (χ1n) is 7.72. The molecule has 1 aromatic carbocycles. The van der Waals surface area contributed by atoms with Crippen LogP contribution in [0.2, 0.25) is 5.02 Å². The molecule has 2 aromatic rings. The van der Waals surface area contributed by atoms with Crippen LogP contribution in [0.15, 0.2) is 42.7 Å². The summed E-state index contributed by atoms with van der Waals surface area (Å²) < 4.78 is 13.9. The predicted molar refractivity (Wildman–Crippen MR) is 86.7 cm³/mol. The number of aromatic nitrogens is 1. The third kappa shape index (κ3) is 2.48. The van der Waals surface area contributed by atoms with E-state index in [0.29, 0.717) is 16.1 Å². The Morgan fingerprint density at radius 1 is 1.27 bits per heavy atom. The number of rotatable bonds is 3. The number of anilines is 1. The van der Waals surface area contributed by atoms with Gasteiger partial charge in [0.15, 0.2) is 0 Å². The van der Waals surface area contributed by atoms with Gasteiger partial charge in [0.2, 0.25) is 0 Å². The summed E-state index contributed by atoms with van der Waals surface area (Å²) in [6.45, 7) is 1.93. The molecule has 0 bridgehead atoms. The van der Waals surface area contributed by atoms with Gasteiger partial charge in [-0.25, -0.2) is 4.39 Å². The van der Waals surface area contributed by atoms with Crippen LogP contribution in [0, 0.1) is 17.2 Å². The molecule has 1 aliphatic carbocycles. The summed E-state index contributed by atoms with van der Waals surface area (Å²) in [7, 11) is 0. The zero-order valence-corrected chi connectivity index (χ0v) is 13.1. The van der Waals surface area contributed by atoms with Gasteiger partial charge in [-0.1, -0.05) is 17.7 Å². The van der Waals surface area contributed by atoms with Gasteiger partial charge in [-0.15, -0.1) is 0 Å². The van der Waals surface area contributed by atoms with Crippen molar-refractivity contribution in [3.05, 3.63) is 59.1 Å². The molecule has 2 aliphatic rings. The third-order valence-electron chi connectivity index (χ3n) is 4.99. The summed E-state index contributed by atoms with van der Waals surface area (Å²) in [5, 5.41) is 0.455. The highest BCUT2D eigenvalue weighted by Gasteiger charge is 2.52. The normalized spacial score (nSPS) is 19.8. The lowest BCUT2D eigenvalue weighted by Gasteiger charge is -2.60. The van der Waals surface area contributed by atoms with Gasteiger partial charge in [-0.05, 0) is 55.0 Å². The van der Waals surface area contributed by atoms with Crippen molar-refractivity contribution in [3.8, 4) is 0 Å². The van der Waals surface area contributed by atoms with E-state index in [4.69, 9.17) is 11.6 Å². The maximum absolute atomic E-state index is 13.9. The van der Waals surface area contributed by atoms with E-state index in [0.717, 1.165) is 25.4 Å². The Kier molecular flexibility index (Phi) is 3.33. The molecule has 1 saturated carbocycles. The van der Waals surface area contributed by atoms with E-state index in [9.17, 15) is 4.39 Å². The van der Waals surface area contributed by atoms with Gasteiger partial charge in [-0.3, -0.25) is 4.98 Å². The average Bonchev–Trinajstić information content (AvgIpc) is 2.42. The predicted octanol–water partition coefficient (Wildman–Crippen LogP) is 4.33. The lowest BCUT2D eigenvalue weighted by molar-refractivity contribution is 0.0236. The minimum Gasteiger partial charge on any atom is -0.368 e. The van der Waals surface area contributed by atoms with Crippen molar-refractivity contribution in [2.75, 3.05) is 18.0 Å². The molecule has 0 atom stereocenters. The van der Waals surface area contributed by atoms with Crippen LogP contribution in [0.1, 0.15) is 18.4 Å². The maximum atomic E-state index is 13.9. The second-order valence-electron chi connectivity index (χ2n) is 6.79. The minimum atomic E-state index is -0.214. The molecule has 0 amide bonds. The summed E-state index contributed by atoms with van der Waals surface area (Å²) in [5.41, 5.74) is 2.42. The SMILES string of the molecule is Fc1cc(Cl)ccc1N1CC2(CC(Cc3cccnc3)C2)C1. The highest BCUT2D eigenvalue weighted by molar-refractivity contribution is 6.30. The Labute approximate surface area is 134 Å². The van der Waals surface area contributed by atoms with Crippen LogP contribution in [-0.4, -0.2) is 18.1 Å². The Morgan fingerprint density at radius 3 is 2.77 bits per heavy atom. The van der Waals surface area contributed by atoms with Gasteiger partial charge in [0.25, 0.3) is 0 Å². The van der Waals surface area contributed by atoms with Crippen LogP contribution in [0.25, 0.3) is 0 Å². The summed E-state index contributed by atoms with van der Waals surface area (Å²) in [6.07, 6.45) is 7.38. The van der Waals surface area contributed by atoms with Crippen molar-refractivity contribution in [1.82, 2.24) is 4.98 Å². The molecule has 0 radical (unpaired) electrons. The maximum Gasteiger partial charge on any atom is 0.147 e. The third-order valence-corrected chi connectivity index (χ3v) is 5.23. The number of benzene rings is 1. The lowest BCUT2D eigenvalue weighted by atomic mass is 9.56. The molecule has 114 valence electrons. The van der Waals surface area contributed by atoms with Crippen molar-refractivity contribution >= 4 is 17.3 Å². The smallest absolute Gasteiger partial charge is 0.147 e. The van der Waals surface area contributed by atoms with Crippen LogP contribution >= 0.6 is 11.6 Å². The van der Waals surface area contributed by atoms with E-state index >= 15 is 0 Å². The molecule has 2 nitrogen and oxygen atoms in total. The van der Waals surface area contributed by atoms with Gasteiger partial charge in [-0.2, -0.15) is 0 Å². The van der Waals surface area contributed by atoms with Crippen molar-refractivity contribution in [3.63, 3.8) is 0 Å². The van der Waals surface area contributed by atoms with Gasteiger partial charge >= 0.3 is 0 Å². The lowest BCUT2D eigenvalue weighted by Crippen LogP contribution is -2.62. The number of hydrogen-bond donors (Lipinski definition) is 0. The van der Waals surface area contributed by atoms with Crippen LogP contribution in [0.3, 0.4) is 0 Å². The zero-order valence-electron chi connectivity index (χ0n) is 12.3. The second-order valence-corrected chi connectivity index (χ2v) is 7.23. The molecule has 1 spiro atoms. The quantitative estimate of drug-likeness (QED) is 0.837. The fourth-order valence-electron chi connectivity index (χ4n) is 4.09. The monoisotopic (exact) mass is 316 g/mol. The fourth-order valence-corrected chi connectivity index (χ4v) is 4.25. The number of halogens is 2. The molecule has 0 unspecified atom stereocenters. The molecule has 4 rings (SSSR count). The number of hydrogen-bond acceptors (Lipinski definition) is 2. The Balaban J connectivity index is 1.33. The van der Waals surface area contributed by atoms with Crippen LogP contribution in [-0.2, 0) is 6.42 Å². The van der Waals surface area contributed by atoms with Gasteiger partial charge in [0.1, 0.15) is 5.82 Å². The minimum absolute atomic E-state index is 0.214. The molecular weight excluding hydrogens is 299 g/mol. The standard InChI is InChI=1S/C18H18ClFN2/c19-15-3-4-17(16(20)7-15)22-11-18(12-22)8-14(9-18)6-13-2-1-5-21-10-13/h1-5,7,10,14H,6,8-9,11-12H2. The van der Waals surface area contributed by atoms with E-state index in [2.05, 4.69) is 16.0 Å². The summed E-state index contributed by atoms with van der Waals surface area (Å²) in [4.78, 5) is 6.31. The van der Waals surface area contributed by atoms with Crippen LogP contribution < -0.4 is 4.90 Å². The van der Waals surface area contributed by atoms with Crippen molar-refractivity contribution in [2.45, 2.75) is 19.3 Å². The Morgan fingerprint density at radius 2 is 2.09 bits per heavy atom. The van der Waals surface area contributed by atoms with Gasteiger partial charge in [0.05, 0.1) is 5.69 Å². The largest absolute Gasteiger partial charge is 0.368 e. The summed E-state index contributed by atoms with van der Waals surface area (Å²) in [5.74, 6) is 0.537. The Hall–Kier alpha value is -1.61. The van der Waals surface area contributed by atoms with Gasteiger partial charge < -0.3 is 4.90 Å². The fraction of sp³-hybridized carbons (Fsp3) is 0.389. The summed E-state index contributed by atoms with van der Waals surface area (Å²) in [6, 6.07) is 9.09. The highest BCUT2D eigenvalue weighted by atomic mass is 35.5. The molecule has 1 aromatic heterocycles. The van der Waals surface area contributed by atoms with E-state index in [-0.39, 0.29) is 5.82 Å². The first-order chi connectivity index (χ1) is 10.6. The topological polar surface area (TPSA) is 16.1 Å². The Bertz CT molecular complexity index is 675. The molecule has 22 heavy (non-hydrogen) atoms. The summed E-state index contributed by atoms with van der Waals surface area (Å²) >= 11 is 5.81. The van der Waals surface area contributed by atoms with Crippen molar-refractivity contribution in [1.29, 1.82) is 0 Å². The van der Waals surface area contributed by atoms with E-state index in [1.165, 1.54) is 24.5 Å². The van der Waals surface area contributed by atoms with Crippen LogP contribution in [0.5, 0.6) is 0 Å². The average molecular weight is 317 g/mol. The number of nitrogens with zero attached hydrogens (tertiary/aromatic N) is 2. The molecule has 2 heterocycles. The van der Waals surface area contributed by atoms with Crippen molar-refractivity contribution < 1.29 is 4.39 Å². The molecule has 1 aliphatic heterocycles. The first-order valence-corrected chi connectivity index (χ1v) is 8.10. The molecule has 2 fully saturated rings. The van der Waals surface area contributed by atoms with Gasteiger partial charge in [0, 0.05) is 35.9 Å². The number of pyridine rings is 1. The second kappa shape index (κ2) is 5.24. The van der Waals surface area contributed by atoms with Crippen LogP contribution in [0.4, 0.5) is 10.1 Å². The molecule has 1 saturated heterocycles.